The van der Waals surface area contributed by atoms with Crippen LogP contribution in [0.4, 0.5) is 0 Å². The van der Waals surface area contributed by atoms with E-state index in [1.54, 1.807) is 25.7 Å². The summed E-state index contributed by atoms with van der Waals surface area (Å²) in [7, 11) is -3.71. The molecule has 272 valence electrons. The van der Waals surface area contributed by atoms with Gasteiger partial charge in [-0.2, -0.15) is 0 Å². The van der Waals surface area contributed by atoms with E-state index in [9.17, 15) is 32.4 Å². The van der Waals surface area contributed by atoms with Crippen molar-refractivity contribution in [3.63, 3.8) is 0 Å². The summed E-state index contributed by atoms with van der Waals surface area (Å²) in [5.74, 6) is -3.51. The highest BCUT2D eigenvalue weighted by Crippen LogP contribution is 2.43. The summed E-state index contributed by atoms with van der Waals surface area (Å²) >= 11 is 0. The number of ketones is 1. The fourth-order valence-corrected chi connectivity index (χ4v) is 8.69. The van der Waals surface area contributed by atoms with Gasteiger partial charge in [0.2, 0.25) is 33.5 Å². The van der Waals surface area contributed by atoms with Crippen molar-refractivity contribution in [2.24, 2.45) is 23.7 Å². The van der Waals surface area contributed by atoms with Crippen molar-refractivity contribution in [2.75, 3.05) is 12.8 Å². The molecule has 4 amide bonds. The normalized spacial score (nSPS) is 23.6. The molecule has 1 aliphatic heterocycles. The molecule has 0 radical (unpaired) electrons. The number of rotatable bonds is 15. The minimum absolute atomic E-state index is 0.0976. The third-order valence-electron chi connectivity index (χ3n) is 10.5. The van der Waals surface area contributed by atoms with E-state index in [1.165, 1.54) is 0 Å². The number of nitrogens with one attached hydrogen (secondary N) is 4. The molecule has 12 nitrogen and oxygen atoms in total. The summed E-state index contributed by atoms with van der Waals surface area (Å²) in [6.45, 7) is 7.60. The molecule has 2 aliphatic carbocycles. The van der Waals surface area contributed by atoms with Crippen LogP contribution in [0, 0.1) is 23.7 Å². The van der Waals surface area contributed by atoms with Gasteiger partial charge in [0.15, 0.2) is 0 Å². The molecule has 4 rings (SSSR count). The van der Waals surface area contributed by atoms with Gasteiger partial charge >= 0.3 is 0 Å². The van der Waals surface area contributed by atoms with Crippen molar-refractivity contribution in [3.05, 3.63) is 35.9 Å². The number of nitrogens with zero attached hydrogens (tertiary/aromatic N) is 1. The molecule has 3 aliphatic rings. The van der Waals surface area contributed by atoms with Gasteiger partial charge in [0, 0.05) is 6.54 Å². The predicted molar refractivity (Wildman–Crippen MR) is 186 cm³/mol. The standard InChI is InChI=1S/C36H55N5O7S/c1-6-14-28(32(42)35(45)37-23(4)24-15-9-7-10-16-24)38-34(44)31-27-20-13-19-26(27)21-41(31)36(46)29(22(2)3)39-33(43)30(40-49(5,47)48)25-17-11-8-12-18-25/h7,9-10,15-16,22-23,25-31,40H,6,8,11-14,17-21H2,1-5H3,(H,37,45)(H,38,44)(H,39,43)/t23-,26-,27?,28-,29-,30-,31-/m0/s1. The van der Waals surface area contributed by atoms with Crippen molar-refractivity contribution < 1.29 is 32.4 Å². The van der Waals surface area contributed by atoms with E-state index in [0.29, 0.717) is 25.8 Å². The molecule has 0 bridgehead atoms. The molecule has 13 heteroatoms. The van der Waals surface area contributed by atoms with Gasteiger partial charge in [0.25, 0.3) is 5.91 Å². The number of fused-ring (bicyclic) bond motifs is 1. The lowest BCUT2D eigenvalue weighted by Gasteiger charge is -2.35. The van der Waals surface area contributed by atoms with Crippen LogP contribution < -0.4 is 20.7 Å². The van der Waals surface area contributed by atoms with Gasteiger partial charge in [0.1, 0.15) is 18.1 Å². The topological polar surface area (TPSA) is 171 Å². The zero-order valence-corrected chi connectivity index (χ0v) is 30.4. The number of sulfonamides is 1. The SMILES string of the molecule is CCC[C@H](NC(=O)[C@@H]1C2CCC[C@H]2CN1C(=O)[C@@H](NC(=O)[C@@H](NS(C)(=O)=O)C1CCCCC1)C(C)C)C(=O)C(=O)N[C@@H](C)c1ccccc1. The Balaban J connectivity index is 1.51. The maximum atomic E-state index is 14.3. The predicted octanol–water partition coefficient (Wildman–Crippen LogP) is 2.98. The van der Waals surface area contributed by atoms with Crippen LogP contribution in [0.2, 0.25) is 0 Å². The number of Topliss-reactive ketones (excluding diaryl/α,β-unsaturated/α-hetero) is 1. The van der Waals surface area contributed by atoms with Gasteiger partial charge in [-0.3, -0.25) is 24.0 Å². The van der Waals surface area contributed by atoms with Crippen LogP contribution in [0.15, 0.2) is 30.3 Å². The number of amides is 4. The van der Waals surface area contributed by atoms with Crippen molar-refractivity contribution in [2.45, 2.75) is 122 Å². The Morgan fingerprint density at radius 3 is 2.16 bits per heavy atom. The minimum Gasteiger partial charge on any atom is -0.344 e. The minimum atomic E-state index is -3.71. The average molecular weight is 702 g/mol. The van der Waals surface area contributed by atoms with Crippen LogP contribution in [0.3, 0.4) is 0 Å². The molecule has 3 fully saturated rings. The summed E-state index contributed by atoms with van der Waals surface area (Å²) in [4.78, 5) is 70.1. The van der Waals surface area contributed by atoms with E-state index < -0.39 is 69.6 Å². The Morgan fingerprint density at radius 2 is 1.55 bits per heavy atom. The van der Waals surface area contributed by atoms with Gasteiger partial charge < -0.3 is 20.9 Å². The summed E-state index contributed by atoms with van der Waals surface area (Å²) < 4.78 is 27.0. The fourth-order valence-electron chi connectivity index (χ4n) is 7.93. The molecule has 1 aromatic rings. The number of hydrogen-bond donors (Lipinski definition) is 4. The molecule has 1 aromatic carbocycles. The lowest BCUT2D eigenvalue weighted by molar-refractivity contribution is -0.145. The van der Waals surface area contributed by atoms with Crippen LogP contribution in [-0.4, -0.2) is 79.7 Å². The number of hydrogen-bond acceptors (Lipinski definition) is 7. The lowest BCUT2D eigenvalue weighted by atomic mass is 9.83. The van der Waals surface area contributed by atoms with Gasteiger partial charge in [-0.05, 0) is 68.3 Å². The van der Waals surface area contributed by atoms with Gasteiger partial charge in [-0.25, -0.2) is 13.1 Å². The molecule has 1 saturated heterocycles. The zero-order chi connectivity index (χ0) is 35.9. The quantitative estimate of drug-likeness (QED) is 0.204. The second kappa shape index (κ2) is 17.1. The van der Waals surface area contributed by atoms with E-state index in [0.717, 1.165) is 50.3 Å². The Kier molecular flexibility index (Phi) is 13.4. The monoisotopic (exact) mass is 701 g/mol. The largest absolute Gasteiger partial charge is 0.344 e. The van der Waals surface area contributed by atoms with E-state index in [4.69, 9.17) is 0 Å². The summed E-state index contributed by atoms with van der Waals surface area (Å²) in [6.07, 6.45) is 8.59. The first kappa shape index (κ1) is 38.5. The van der Waals surface area contributed by atoms with E-state index in [2.05, 4.69) is 20.7 Å². The van der Waals surface area contributed by atoms with Crippen LogP contribution in [-0.2, 0) is 34.0 Å². The van der Waals surface area contributed by atoms with Gasteiger partial charge in [-0.1, -0.05) is 83.2 Å². The van der Waals surface area contributed by atoms with Gasteiger partial charge in [0.05, 0.1) is 18.3 Å². The summed E-state index contributed by atoms with van der Waals surface area (Å²) in [5, 5.41) is 8.45. The van der Waals surface area contributed by atoms with Crippen molar-refractivity contribution in [1.82, 2.24) is 25.6 Å². The lowest BCUT2D eigenvalue weighted by Crippen LogP contribution is -2.60. The number of likely N-dealkylation sites (tertiary alicyclic amines) is 1. The first-order chi connectivity index (χ1) is 23.2. The van der Waals surface area contributed by atoms with Crippen molar-refractivity contribution in [3.8, 4) is 0 Å². The van der Waals surface area contributed by atoms with E-state index in [-0.39, 0.29) is 30.1 Å². The Hall–Kier alpha value is -3.32. The second-order valence-corrected chi connectivity index (χ2v) is 16.4. The molecule has 0 spiro atoms. The third kappa shape index (κ3) is 9.90. The summed E-state index contributed by atoms with van der Waals surface area (Å²) in [6, 6.07) is 4.95. The molecule has 49 heavy (non-hydrogen) atoms. The zero-order valence-electron chi connectivity index (χ0n) is 29.6. The molecular weight excluding hydrogens is 646 g/mol. The Bertz CT molecular complexity index is 1450. The molecular formula is C36H55N5O7S. The highest BCUT2D eigenvalue weighted by molar-refractivity contribution is 7.88. The average Bonchev–Trinajstić information content (AvgIpc) is 3.67. The maximum Gasteiger partial charge on any atom is 0.290 e. The highest BCUT2D eigenvalue weighted by atomic mass is 32.2. The summed E-state index contributed by atoms with van der Waals surface area (Å²) in [5.41, 5.74) is 0.844. The van der Waals surface area contributed by atoms with E-state index in [1.807, 2.05) is 37.3 Å². The first-order valence-corrected chi connectivity index (χ1v) is 19.9. The highest BCUT2D eigenvalue weighted by Gasteiger charge is 2.51. The second-order valence-electron chi connectivity index (χ2n) is 14.6. The Labute approximate surface area is 291 Å². The number of carbonyl (C=O) groups is 5. The fraction of sp³-hybridized carbons (Fsp3) is 0.694. The van der Waals surface area contributed by atoms with Gasteiger partial charge in [-0.15, -0.1) is 0 Å². The van der Waals surface area contributed by atoms with E-state index >= 15 is 0 Å². The maximum absolute atomic E-state index is 14.3. The smallest absolute Gasteiger partial charge is 0.290 e. The molecule has 7 atom stereocenters. The van der Waals surface area contributed by atoms with Crippen LogP contribution >= 0.6 is 0 Å². The van der Waals surface area contributed by atoms with Crippen LogP contribution in [0.25, 0.3) is 0 Å². The molecule has 4 N–H and O–H groups in total. The first-order valence-electron chi connectivity index (χ1n) is 18.0. The van der Waals surface area contributed by atoms with Crippen molar-refractivity contribution in [1.29, 1.82) is 0 Å². The third-order valence-corrected chi connectivity index (χ3v) is 11.2. The van der Waals surface area contributed by atoms with Crippen LogP contribution in [0.1, 0.15) is 104 Å². The molecule has 0 aromatic heterocycles. The molecule has 2 saturated carbocycles. The van der Waals surface area contributed by atoms with Crippen molar-refractivity contribution >= 4 is 39.4 Å². The number of benzene rings is 1. The molecule has 1 unspecified atom stereocenters. The number of carbonyl (C=O) groups excluding carboxylic acids is 5. The van der Waals surface area contributed by atoms with Crippen LogP contribution in [0.5, 0.6) is 0 Å². The molecule has 1 heterocycles. The Morgan fingerprint density at radius 1 is 0.878 bits per heavy atom.